The summed E-state index contributed by atoms with van der Waals surface area (Å²) < 4.78 is 4.87. The molecule has 0 aliphatic rings. The molecule has 142 valence electrons. The van der Waals surface area contributed by atoms with E-state index in [0.29, 0.717) is 11.6 Å². The Bertz CT molecular complexity index is 852. The van der Waals surface area contributed by atoms with E-state index in [9.17, 15) is 19.7 Å². The van der Waals surface area contributed by atoms with Crippen molar-refractivity contribution in [1.82, 2.24) is 0 Å². The molecule has 27 heavy (non-hydrogen) atoms. The van der Waals surface area contributed by atoms with E-state index in [4.69, 9.17) is 16.3 Å². The molecule has 0 unspecified atom stereocenters. The summed E-state index contributed by atoms with van der Waals surface area (Å²) in [4.78, 5) is 34.3. The van der Waals surface area contributed by atoms with E-state index in [1.165, 1.54) is 12.1 Å². The second-order valence-corrected chi connectivity index (χ2v) is 6.41. The molecule has 7 nitrogen and oxygen atoms in total. The third-order valence-corrected chi connectivity index (χ3v) is 4.32. The summed E-state index contributed by atoms with van der Waals surface area (Å²) in [5, 5.41) is 13.7. The zero-order chi connectivity index (χ0) is 20.0. The fourth-order valence-electron chi connectivity index (χ4n) is 2.37. The highest BCUT2D eigenvalue weighted by atomic mass is 35.5. The second kappa shape index (κ2) is 9.14. The third-order valence-electron chi connectivity index (χ3n) is 4.09. The number of nitrogens with zero attached hydrogens (tertiary/aromatic N) is 1. The number of anilines is 1. The quantitative estimate of drug-likeness (QED) is 0.424. The van der Waals surface area contributed by atoms with E-state index in [1.54, 1.807) is 12.1 Å². The van der Waals surface area contributed by atoms with Crippen LogP contribution in [-0.2, 0) is 9.53 Å². The van der Waals surface area contributed by atoms with E-state index in [0.717, 1.165) is 18.1 Å². The van der Waals surface area contributed by atoms with Gasteiger partial charge in [-0.1, -0.05) is 37.6 Å². The van der Waals surface area contributed by atoms with Gasteiger partial charge in [-0.25, -0.2) is 4.79 Å². The van der Waals surface area contributed by atoms with Crippen molar-refractivity contribution >= 4 is 34.9 Å². The number of benzene rings is 2. The van der Waals surface area contributed by atoms with Crippen LogP contribution in [0.4, 0.5) is 11.4 Å². The van der Waals surface area contributed by atoms with Crippen LogP contribution >= 0.6 is 11.6 Å². The molecule has 0 bridgehead atoms. The average molecular weight is 391 g/mol. The number of nitro groups is 1. The van der Waals surface area contributed by atoms with Gasteiger partial charge in [-0.3, -0.25) is 14.9 Å². The summed E-state index contributed by atoms with van der Waals surface area (Å²) in [6.07, 6.45) is 1.01. The SMILES string of the molecule is CC[C@@H](C)c1ccc(NC(=O)COC(=O)c2ccc(Cl)cc2[N+](=O)[O-])cc1. The number of ether oxygens (including phenoxy) is 1. The lowest BCUT2D eigenvalue weighted by Gasteiger charge is -2.11. The van der Waals surface area contributed by atoms with Gasteiger partial charge in [0.2, 0.25) is 0 Å². The molecule has 0 aromatic heterocycles. The van der Waals surface area contributed by atoms with Crippen LogP contribution in [0.3, 0.4) is 0 Å². The smallest absolute Gasteiger partial charge is 0.345 e. The van der Waals surface area contributed by atoms with E-state index >= 15 is 0 Å². The van der Waals surface area contributed by atoms with Crippen molar-refractivity contribution in [1.29, 1.82) is 0 Å². The van der Waals surface area contributed by atoms with Crippen molar-refractivity contribution < 1.29 is 19.2 Å². The summed E-state index contributed by atoms with van der Waals surface area (Å²) in [6, 6.07) is 11.0. The minimum absolute atomic E-state index is 0.122. The third kappa shape index (κ3) is 5.52. The first-order valence-electron chi connectivity index (χ1n) is 8.32. The summed E-state index contributed by atoms with van der Waals surface area (Å²) >= 11 is 5.70. The number of hydrogen-bond donors (Lipinski definition) is 1. The van der Waals surface area contributed by atoms with Gasteiger partial charge in [-0.15, -0.1) is 0 Å². The first kappa shape index (κ1) is 20.4. The molecule has 0 fully saturated rings. The van der Waals surface area contributed by atoms with Crippen LogP contribution < -0.4 is 5.32 Å². The molecule has 0 aliphatic heterocycles. The predicted octanol–water partition coefficient (Wildman–Crippen LogP) is 4.56. The summed E-state index contributed by atoms with van der Waals surface area (Å²) in [5.41, 5.74) is 0.987. The maximum atomic E-state index is 12.0. The molecule has 2 aromatic carbocycles. The Morgan fingerprint density at radius 3 is 2.48 bits per heavy atom. The molecule has 0 saturated carbocycles. The number of hydrogen-bond acceptors (Lipinski definition) is 5. The Morgan fingerprint density at radius 1 is 1.22 bits per heavy atom. The van der Waals surface area contributed by atoms with E-state index in [-0.39, 0.29) is 10.6 Å². The maximum Gasteiger partial charge on any atom is 0.345 e. The Balaban J connectivity index is 1.96. The summed E-state index contributed by atoms with van der Waals surface area (Å²) in [5.74, 6) is -1.09. The highest BCUT2D eigenvalue weighted by molar-refractivity contribution is 6.31. The number of rotatable bonds is 7. The first-order chi connectivity index (χ1) is 12.8. The van der Waals surface area contributed by atoms with Crippen LogP contribution in [0.15, 0.2) is 42.5 Å². The van der Waals surface area contributed by atoms with Gasteiger partial charge in [0.15, 0.2) is 6.61 Å². The van der Waals surface area contributed by atoms with Crippen LogP contribution in [-0.4, -0.2) is 23.4 Å². The second-order valence-electron chi connectivity index (χ2n) is 5.97. The van der Waals surface area contributed by atoms with Gasteiger partial charge in [-0.2, -0.15) is 0 Å². The molecule has 1 N–H and O–H groups in total. The summed E-state index contributed by atoms with van der Waals surface area (Å²) in [7, 11) is 0. The van der Waals surface area contributed by atoms with Gasteiger partial charge in [0.25, 0.3) is 11.6 Å². The van der Waals surface area contributed by atoms with Gasteiger partial charge in [-0.05, 0) is 42.2 Å². The maximum absolute atomic E-state index is 12.0. The zero-order valence-corrected chi connectivity index (χ0v) is 15.7. The van der Waals surface area contributed by atoms with Crippen LogP contribution in [0.25, 0.3) is 0 Å². The van der Waals surface area contributed by atoms with Crippen molar-refractivity contribution in [3.63, 3.8) is 0 Å². The van der Waals surface area contributed by atoms with Gasteiger partial charge in [0, 0.05) is 16.8 Å². The zero-order valence-electron chi connectivity index (χ0n) is 14.9. The molecule has 2 rings (SSSR count). The van der Waals surface area contributed by atoms with Crippen LogP contribution in [0.1, 0.15) is 42.1 Å². The molecule has 1 atom stereocenters. The number of halogens is 1. The molecule has 8 heteroatoms. The summed E-state index contributed by atoms with van der Waals surface area (Å²) in [6.45, 7) is 3.65. The van der Waals surface area contributed by atoms with Crippen molar-refractivity contribution in [2.45, 2.75) is 26.2 Å². The number of carbonyl (C=O) groups is 2. The van der Waals surface area contributed by atoms with Gasteiger partial charge >= 0.3 is 5.97 Å². The Kier molecular flexibility index (Phi) is 6.90. The van der Waals surface area contributed by atoms with Crippen LogP contribution in [0.2, 0.25) is 5.02 Å². The molecule has 1 amide bonds. The van der Waals surface area contributed by atoms with E-state index in [2.05, 4.69) is 19.2 Å². The molecule has 0 radical (unpaired) electrons. The number of nitrogens with one attached hydrogen (secondary N) is 1. The van der Waals surface area contributed by atoms with E-state index < -0.39 is 29.1 Å². The number of carbonyl (C=O) groups excluding carboxylic acids is 2. The molecule has 0 saturated heterocycles. The Labute approximate surface area is 161 Å². The van der Waals surface area contributed by atoms with Gasteiger partial charge < -0.3 is 10.1 Å². The van der Waals surface area contributed by atoms with Crippen molar-refractivity contribution in [2.75, 3.05) is 11.9 Å². The minimum Gasteiger partial charge on any atom is -0.452 e. The molecule has 0 aliphatic carbocycles. The predicted molar refractivity (Wildman–Crippen MR) is 102 cm³/mol. The molecular weight excluding hydrogens is 372 g/mol. The van der Waals surface area contributed by atoms with Crippen LogP contribution in [0, 0.1) is 10.1 Å². The number of esters is 1. The van der Waals surface area contributed by atoms with Crippen molar-refractivity contribution in [3.05, 3.63) is 68.7 Å². The lowest BCUT2D eigenvalue weighted by Crippen LogP contribution is -2.21. The standard InChI is InChI=1S/C19H19ClN2O5/c1-3-12(2)13-4-7-15(8-5-13)21-18(23)11-27-19(24)16-9-6-14(20)10-17(16)22(25)26/h4-10,12H,3,11H2,1-2H3,(H,21,23)/t12-/m1/s1. The fourth-order valence-corrected chi connectivity index (χ4v) is 2.53. The lowest BCUT2D eigenvalue weighted by molar-refractivity contribution is -0.385. The lowest BCUT2D eigenvalue weighted by atomic mass is 9.99. The van der Waals surface area contributed by atoms with Gasteiger partial charge in [0.05, 0.1) is 4.92 Å². The Hall–Kier alpha value is -2.93. The molecule has 2 aromatic rings. The number of nitro benzene ring substituents is 1. The highest BCUT2D eigenvalue weighted by Crippen LogP contribution is 2.24. The van der Waals surface area contributed by atoms with Crippen molar-refractivity contribution in [3.8, 4) is 0 Å². The first-order valence-corrected chi connectivity index (χ1v) is 8.70. The fraction of sp³-hybridized carbons (Fsp3) is 0.263. The topological polar surface area (TPSA) is 98.5 Å². The van der Waals surface area contributed by atoms with Gasteiger partial charge in [0.1, 0.15) is 5.56 Å². The number of amides is 1. The molecular formula is C19H19ClN2O5. The monoisotopic (exact) mass is 390 g/mol. The van der Waals surface area contributed by atoms with E-state index in [1.807, 2.05) is 12.1 Å². The Morgan fingerprint density at radius 2 is 1.89 bits per heavy atom. The van der Waals surface area contributed by atoms with Crippen molar-refractivity contribution in [2.24, 2.45) is 0 Å². The average Bonchev–Trinajstić information content (AvgIpc) is 2.66. The minimum atomic E-state index is -0.972. The molecule has 0 spiro atoms. The largest absolute Gasteiger partial charge is 0.452 e. The highest BCUT2D eigenvalue weighted by Gasteiger charge is 2.22. The molecule has 0 heterocycles. The normalized spacial score (nSPS) is 11.5. The van der Waals surface area contributed by atoms with Crippen LogP contribution in [0.5, 0.6) is 0 Å².